The number of aliphatic hydroxyl groups is 1. The highest BCUT2D eigenvalue weighted by Crippen LogP contribution is 2.30. The monoisotopic (exact) mass is 276 g/mol. The maximum absolute atomic E-state index is 12.3. The van der Waals surface area contributed by atoms with Crippen molar-refractivity contribution < 1.29 is 9.90 Å². The standard InChI is InChI=1S/C16H24N2O2/c19-15-9-3-5-12(15)11-17-16(20)14-8-4-10-18(14)13-6-1-2-7-13/h4,8,10,12-13,15,19H,1-3,5-7,9,11H2,(H,17,20). The van der Waals surface area contributed by atoms with Crippen molar-refractivity contribution in [2.45, 2.75) is 57.1 Å². The largest absolute Gasteiger partial charge is 0.393 e. The number of carbonyl (C=O) groups is 1. The van der Waals surface area contributed by atoms with E-state index in [4.69, 9.17) is 0 Å². The molecule has 4 nitrogen and oxygen atoms in total. The number of carbonyl (C=O) groups excluding carboxylic acids is 1. The van der Waals surface area contributed by atoms with Crippen LogP contribution in [0.2, 0.25) is 0 Å². The topological polar surface area (TPSA) is 54.3 Å². The molecule has 2 aliphatic rings. The van der Waals surface area contributed by atoms with E-state index in [1.807, 2.05) is 18.3 Å². The molecule has 0 radical (unpaired) electrons. The molecule has 2 unspecified atom stereocenters. The summed E-state index contributed by atoms with van der Waals surface area (Å²) in [4.78, 5) is 12.3. The Morgan fingerprint density at radius 3 is 2.75 bits per heavy atom. The first-order valence-corrected chi connectivity index (χ1v) is 7.89. The Hall–Kier alpha value is -1.29. The maximum Gasteiger partial charge on any atom is 0.267 e. The molecule has 1 aromatic heterocycles. The van der Waals surface area contributed by atoms with Gasteiger partial charge in [0.1, 0.15) is 5.69 Å². The van der Waals surface area contributed by atoms with Crippen molar-refractivity contribution in [1.82, 2.24) is 9.88 Å². The third-order valence-electron chi connectivity index (χ3n) is 4.87. The van der Waals surface area contributed by atoms with Crippen molar-refractivity contribution in [2.75, 3.05) is 6.54 Å². The smallest absolute Gasteiger partial charge is 0.267 e. The van der Waals surface area contributed by atoms with E-state index in [2.05, 4.69) is 9.88 Å². The van der Waals surface area contributed by atoms with Crippen LogP contribution in [-0.2, 0) is 0 Å². The van der Waals surface area contributed by atoms with Gasteiger partial charge in [-0.05, 0) is 37.8 Å². The molecule has 4 heteroatoms. The van der Waals surface area contributed by atoms with E-state index >= 15 is 0 Å². The first-order chi connectivity index (χ1) is 9.75. The number of aromatic nitrogens is 1. The predicted octanol–water partition coefficient (Wildman–Crippen LogP) is 2.49. The fourth-order valence-corrected chi connectivity index (χ4v) is 3.66. The molecule has 0 saturated heterocycles. The van der Waals surface area contributed by atoms with Crippen molar-refractivity contribution in [3.63, 3.8) is 0 Å². The van der Waals surface area contributed by atoms with Gasteiger partial charge >= 0.3 is 0 Å². The minimum atomic E-state index is -0.239. The molecule has 0 aliphatic heterocycles. The highest BCUT2D eigenvalue weighted by Gasteiger charge is 2.26. The van der Waals surface area contributed by atoms with Gasteiger partial charge in [-0.15, -0.1) is 0 Å². The Morgan fingerprint density at radius 1 is 1.25 bits per heavy atom. The van der Waals surface area contributed by atoms with Gasteiger partial charge in [0.2, 0.25) is 0 Å². The highest BCUT2D eigenvalue weighted by molar-refractivity contribution is 5.92. The van der Waals surface area contributed by atoms with Crippen LogP contribution >= 0.6 is 0 Å². The maximum atomic E-state index is 12.3. The van der Waals surface area contributed by atoms with Gasteiger partial charge in [0.05, 0.1) is 6.10 Å². The lowest BCUT2D eigenvalue weighted by molar-refractivity contribution is 0.0906. The highest BCUT2D eigenvalue weighted by atomic mass is 16.3. The zero-order valence-corrected chi connectivity index (χ0v) is 11.9. The van der Waals surface area contributed by atoms with Crippen LogP contribution in [0.3, 0.4) is 0 Å². The fourth-order valence-electron chi connectivity index (χ4n) is 3.66. The van der Waals surface area contributed by atoms with Crippen molar-refractivity contribution in [3.05, 3.63) is 24.0 Å². The van der Waals surface area contributed by atoms with E-state index in [1.165, 1.54) is 25.7 Å². The number of hydrogen-bond acceptors (Lipinski definition) is 2. The van der Waals surface area contributed by atoms with E-state index in [0.717, 1.165) is 25.0 Å². The molecular formula is C16H24N2O2. The summed E-state index contributed by atoms with van der Waals surface area (Å²) in [5, 5.41) is 12.8. The molecule has 2 aliphatic carbocycles. The molecule has 0 bridgehead atoms. The summed E-state index contributed by atoms with van der Waals surface area (Å²) < 4.78 is 2.13. The summed E-state index contributed by atoms with van der Waals surface area (Å²) in [5.41, 5.74) is 0.768. The van der Waals surface area contributed by atoms with Gasteiger partial charge in [-0.3, -0.25) is 4.79 Å². The third kappa shape index (κ3) is 2.75. The second kappa shape index (κ2) is 6.00. The molecule has 2 saturated carbocycles. The molecule has 2 N–H and O–H groups in total. The van der Waals surface area contributed by atoms with Crippen LogP contribution in [0.1, 0.15) is 61.5 Å². The lowest BCUT2D eigenvalue weighted by atomic mass is 10.1. The lowest BCUT2D eigenvalue weighted by Gasteiger charge is -2.18. The van der Waals surface area contributed by atoms with Gasteiger partial charge in [-0.2, -0.15) is 0 Å². The van der Waals surface area contributed by atoms with E-state index in [0.29, 0.717) is 12.6 Å². The number of hydrogen-bond donors (Lipinski definition) is 2. The van der Waals surface area contributed by atoms with Gasteiger partial charge in [0, 0.05) is 24.7 Å². The van der Waals surface area contributed by atoms with Crippen LogP contribution in [-0.4, -0.2) is 28.2 Å². The summed E-state index contributed by atoms with van der Waals surface area (Å²) in [6, 6.07) is 4.35. The molecule has 1 heterocycles. The Kier molecular flexibility index (Phi) is 4.10. The van der Waals surface area contributed by atoms with Crippen molar-refractivity contribution in [2.24, 2.45) is 5.92 Å². The van der Waals surface area contributed by atoms with E-state index < -0.39 is 0 Å². The molecule has 2 fully saturated rings. The number of nitrogens with one attached hydrogen (secondary N) is 1. The molecule has 2 atom stereocenters. The van der Waals surface area contributed by atoms with E-state index in [-0.39, 0.29) is 17.9 Å². The summed E-state index contributed by atoms with van der Waals surface area (Å²) in [5.74, 6) is 0.231. The Morgan fingerprint density at radius 2 is 2.05 bits per heavy atom. The Bertz CT molecular complexity index is 463. The fraction of sp³-hybridized carbons (Fsp3) is 0.688. The Balaban J connectivity index is 1.61. The number of aliphatic hydroxyl groups excluding tert-OH is 1. The lowest BCUT2D eigenvalue weighted by Crippen LogP contribution is -2.33. The molecule has 0 spiro atoms. The summed E-state index contributed by atoms with van der Waals surface area (Å²) >= 11 is 0. The van der Waals surface area contributed by atoms with E-state index in [1.54, 1.807) is 0 Å². The normalized spacial score (nSPS) is 27.1. The first-order valence-electron chi connectivity index (χ1n) is 7.89. The zero-order chi connectivity index (χ0) is 13.9. The van der Waals surface area contributed by atoms with Crippen LogP contribution < -0.4 is 5.32 Å². The van der Waals surface area contributed by atoms with Crippen LogP contribution in [0.15, 0.2) is 18.3 Å². The van der Waals surface area contributed by atoms with Crippen LogP contribution in [0, 0.1) is 5.92 Å². The van der Waals surface area contributed by atoms with Gasteiger partial charge in [-0.1, -0.05) is 19.3 Å². The minimum Gasteiger partial charge on any atom is -0.393 e. The number of nitrogens with zero attached hydrogens (tertiary/aromatic N) is 1. The number of rotatable bonds is 4. The average Bonchev–Trinajstić information content (AvgIpc) is 3.17. The molecule has 110 valence electrons. The van der Waals surface area contributed by atoms with E-state index in [9.17, 15) is 9.90 Å². The van der Waals surface area contributed by atoms with Crippen molar-refractivity contribution in [1.29, 1.82) is 0 Å². The second-order valence-corrected chi connectivity index (χ2v) is 6.21. The predicted molar refractivity (Wildman–Crippen MR) is 77.6 cm³/mol. The SMILES string of the molecule is O=C(NCC1CCCC1O)c1cccn1C1CCCC1. The summed E-state index contributed by atoms with van der Waals surface area (Å²) in [6.45, 7) is 0.593. The average molecular weight is 276 g/mol. The van der Waals surface area contributed by atoms with Crippen molar-refractivity contribution >= 4 is 5.91 Å². The molecule has 1 amide bonds. The van der Waals surface area contributed by atoms with Gasteiger partial charge in [0.15, 0.2) is 0 Å². The summed E-state index contributed by atoms with van der Waals surface area (Å²) in [6.07, 6.45) is 9.62. The molecule has 1 aromatic rings. The van der Waals surface area contributed by atoms with Gasteiger partial charge in [-0.25, -0.2) is 0 Å². The second-order valence-electron chi connectivity index (χ2n) is 6.21. The molecule has 20 heavy (non-hydrogen) atoms. The molecule has 3 rings (SSSR count). The minimum absolute atomic E-state index is 0.000926. The van der Waals surface area contributed by atoms with Crippen LogP contribution in [0.25, 0.3) is 0 Å². The molecular weight excluding hydrogens is 252 g/mol. The van der Waals surface area contributed by atoms with Crippen LogP contribution in [0.4, 0.5) is 0 Å². The van der Waals surface area contributed by atoms with Gasteiger partial charge in [0.25, 0.3) is 5.91 Å². The van der Waals surface area contributed by atoms with Crippen molar-refractivity contribution in [3.8, 4) is 0 Å². The Labute approximate surface area is 120 Å². The summed E-state index contributed by atoms with van der Waals surface area (Å²) in [7, 11) is 0. The third-order valence-corrected chi connectivity index (χ3v) is 4.87. The van der Waals surface area contributed by atoms with Crippen LogP contribution in [0.5, 0.6) is 0 Å². The molecule has 0 aromatic carbocycles. The quantitative estimate of drug-likeness (QED) is 0.887. The first kappa shape index (κ1) is 13.7. The number of amides is 1. The zero-order valence-electron chi connectivity index (χ0n) is 11.9. The van der Waals surface area contributed by atoms with Gasteiger partial charge < -0.3 is 15.0 Å².